The van der Waals surface area contributed by atoms with E-state index in [0.29, 0.717) is 63.6 Å². The SMILES string of the molecule is C[C@@H](O)[C@H](NC(=O)[C@@H](N)CCCCN)C(=O)N[C@@H](Cc1ccccc1)C(=O)N1CCC[C@H]1C(=O)N1CCC[C@H]1C(=O)N[C@H](C(=O)N[C@@H](CCC(=O)O)C(=O)N1CCC[C@H]1C(=O)N[C@@H](CCCCN)C(=O)O)[C@@H](C)O. The molecule has 3 aliphatic heterocycles. The van der Waals surface area contributed by atoms with Crippen LogP contribution in [0, 0.1) is 0 Å². The summed E-state index contributed by atoms with van der Waals surface area (Å²) in [5.74, 6) is -8.82. The van der Waals surface area contributed by atoms with Gasteiger partial charge in [0.25, 0.3) is 0 Å². The Kier molecular flexibility index (Phi) is 24.1. The Labute approximate surface area is 430 Å². The van der Waals surface area contributed by atoms with Crippen LogP contribution in [0.3, 0.4) is 0 Å². The summed E-state index contributed by atoms with van der Waals surface area (Å²) in [4.78, 5) is 139. The number of aliphatic hydroxyl groups is 2. The van der Waals surface area contributed by atoms with Crippen molar-refractivity contribution in [3.8, 4) is 0 Å². The summed E-state index contributed by atoms with van der Waals surface area (Å²) in [5.41, 5.74) is 17.8. The van der Waals surface area contributed by atoms with Gasteiger partial charge in [0.1, 0.15) is 48.3 Å². The number of amides is 8. The maximum Gasteiger partial charge on any atom is 0.326 e. The molecule has 0 saturated carbocycles. The number of carbonyl (C=O) groups excluding carboxylic acids is 8. The minimum atomic E-state index is -1.73. The predicted octanol–water partition coefficient (Wildman–Crippen LogP) is -3.08. The van der Waals surface area contributed by atoms with Gasteiger partial charge in [0.2, 0.25) is 47.3 Å². The Morgan fingerprint density at radius 2 is 1.07 bits per heavy atom. The van der Waals surface area contributed by atoms with Crippen molar-refractivity contribution < 1.29 is 68.4 Å². The number of hydrogen-bond acceptors (Lipinski definition) is 15. The van der Waals surface area contributed by atoms with E-state index in [9.17, 15) is 68.4 Å². The first kappa shape index (κ1) is 60.3. The molecule has 25 nitrogen and oxygen atoms in total. The third-order valence-corrected chi connectivity index (χ3v) is 13.6. The van der Waals surface area contributed by atoms with Gasteiger partial charge in [0.05, 0.1) is 18.2 Å². The number of nitrogens with two attached hydrogens (primary N) is 3. The summed E-state index contributed by atoms with van der Waals surface area (Å²) in [6.45, 7) is 3.47. The number of aliphatic carboxylic acids is 2. The van der Waals surface area contributed by atoms with Gasteiger partial charge in [-0.25, -0.2) is 4.79 Å². The van der Waals surface area contributed by atoms with Crippen LogP contribution in [0.5, 0.6) is 0 Å². The van der Waals surface area contributed by atoms with E-state index in [1.54, 1.807) is 30.3 Å². The van der Waals surface area contributed by atoms with Gasteiger partial charge < -0.3 is 78.9 Å². The van der Waals surface area contributed by atoms with Crippen molar-refractivity contribution in [3.63, 3.8) is 0 Å². The summed E-state index contributed by atoms with van der Waals surface area (Å²) in [7, 11) is 0. The minimum Gasteiger partial charge on any atom is -0.481 e. The van der Waals surface area contributed by atoms with Crippen molar-refractivity contribution in [2.45, 2.75) is 177 Å². The highest BCUT2D eigenvalue weighted by atomic mass is 16.4. The van der Waals surface area contributed by atoms with Gasteiger partial charge >= 0.3 is 11.9 Å². The lowest BCUT2D eigenvalue weighted by Gasteiger charge is -2.34. The van der Waals surface area contributed by atoms with E-state index < -0.39 is 139 Å². The summed E-state index contributed by atoms with van der Waals surface area (Å²) in [6.07, 6.45) is 0.0385. The number of likely N-dealkylation sites (tertiary alicyclic amines) is 3. The van der Waals surface area contributed by atoms with E-state index in [4.69, 9.17) is 17.2 Å². The molecule has 15 N–H and O–H groups in total. The lowest BCUT2D eigenvalue weighted by atomic mass is 10.0. The maximum absolute atomic E-state index is 14.6. The first-order chi connectivity index (χ1) is 35.2. The molecule has 3 heterocycles. The Bertz CT molecular complexity index is 2120. The summed E-state index contributed by atoms with van der Waals surface area (Å²) >= 11 is 0. The quantitative estimate of drug-likeness (QED) is 0.0354. The molecular weight excluding hydrogens is 967 g/mol. The number of benzene rings is 1. The molecule has 0 radical (unpaired) electrons. The van der Waals surface area contributed by atoms with Crippen molar-refractivity contribution in [1.29, 1.82) is 0 Å². The van der Waals surface area contributed by atoms with Crippen LogP contribution >= 0.6 is 0 Å². The summed E-state index contributed by atoms with van der Waals surface area (Å²) < 4.78 is 0. The fraction of sp³-hybridized carbons (Fsp3) is 0.673. The topological polar surface area (TPSA) is 400 Å². The van der Waals surface area contributed by atoms with Crippen LogP contribution in [0.15, 0.2) is 30.3 Å². The highest BCUT2D eigenvalue weighted by molar-refractivity contribution is 5.99. The number of nitrogens with one attached hydrogen (secondary N) is 5. The number of unbranched alkanes of at least 4 members (excludes halogenated alkanes) is 2. The first-order valence-electron chi connectivity index (χ1n) is 25.6. The lowest BCUT2D eigenvalue weighted by Crippen LogP contribution is -2.62. The average Bonchev–Trinajstić information content (AvgIpc) is 4.17. The summed E-state index contributed by atoms with van der Waals surface area (Å²) in [6, 6.07) is -2.95. The number of carbonyl (C=O) groups is 10. The highest BCUT2D eigenvalue weighted by Gasteiger charge is 2.46. The monoisotopic (exact) mass is 1040 g/mol. The van der Waals surface area contributed by atoms with Gasteiger partial charge in [0.15, 0.2) is 0 Å². The third kappa shape index (κ3) is 17.1. The van der Waals surface area contributed by atoms with Gasteiger partial charge in [0, 0.05) is 32.5 Å². The van der Waals surface area contributed by atoms with E-state index in [2.05, 4.69) is 26.6 Å². The van der Waals surface area contributed by atoms with Crippen LogP contribution in [-0.2, 0) is 54.4 Å². The maximum atomic E-state index is 14.6. The molecule has 8 amide bonds. The fourth-order valence-electron chi connectivity index (χ4n) is 9.56. The fourth-order valence-corrected chi connectivity index (χ4v) is 9.56. The molecule has 4 rings (SSSR count). The van der Waals surface area contributed by atoms with E-state index in [0.717, 1.165) is 4.90 Å². The van der Waals surface area contributed by atoms with Gasteiger partial charge in [-0.2, -0.15) is 0 Å². The van der Waals surface area contributed by atoms with E-state index in [1.165, 1.54) is 23.6 Å². The normalized spacial score (nSPS) is 20.7. The number of carboxylic acid groups (broad SMARTS) is 2. The highest BCUT2D eigenvalue weighted by Crippen LogP contribution is 2.27. The van der Waals surface area contributed by atoms with E-state index in [-0.39, 0.29) is 58.2 Å². The second-order valence-electron chi connectivity index (χ2n) is 19.3. The molecule has 3 fully saturated rings. The number of hydrogen-bond donors (Lipinski definition) is 12. The van der Waals surface area contributed by atoms with E-state index >= 15 is 0 Å². The number of nitrogens with zero attached hydrogens (tertiary/aromatic N) is 3. The molecule has 3 saturated heterocycles. The van der Waals surface area contributed by atoms with Crippen molar-refractivity contribution in [2.24, 2.45) is 17.2 Å². The molecule has 11 atom stereocenters. The van der Waals surface area contributed by atoms with Crippen LogP contribution < -0.4 is 43.8 Å². The van der Waals surface area contributed by atoms with Gasteiger partial charge in [-0.1, -0.05) is 36.8 Å². The number of aliphatic hydroxyl groups excluding tert-OH is 2. The predicted molar refractivity (Wildman–Crippen MR) is 266 cm³/mol. The number of rotatable bonds is 29. The van der Waals surface area contributed by atoms with E-state index in [1.807, 2.05) is 0 Å². The molecule has 1 aromatic carbocycles. The average molecular weight is 1040 g/mol. The van der Waals surface area contributed by atoms with Crippen molar-refractivity contribution in [3.05, 3.63) is 35.9 Å². The van der Waals surface area contributed by atoms with Crippen LogP contribution in [0.1, 0.15) is 109 Å². The Morgan fingerprint density at radius 1 is 0.581 bits per heavy atom. The lowest BCUT2D eigenvalue weighted by molar-refractivity contribution is -0.148. The van der Waals surface area contributed by atoms with Crippen molar-refractivity contribution in [2.75, 3.05) is 32.7 Å². The molecule has 1 aromatic rings. The Balaban J connectivity index is 1.49. The molecule has 25 heteroatoms. The molecule has 0 aliphatic carbocycles. The van der Waals surface area contributed by atoms with Gasteiger partial charge in [-0.3, -0.25) is 43.2 Å². The van der Waals surface area contributed by atoms with Crippen molar-refractivity contribution in [1.82, 2.24) is 41.3 Å². The first-order valence-corrected chi connectivity index (χ1v) is 25.6. The molecule has 0 unspecified atom stereocenters. The molecule has 0 aromatic heterocycles. The van der Waals surface area contributed by atoms with Gasteiger partial charge in [-0.05, 0) is 110 Å². The van der Waals surface area contributed by atoms with Crippen LogP contribution in [0.2, 0.25) is 0 Å². The zero-order valence-electron chi connectivity index (χ0n) is 42.3. The van der Waals surface area contributed by atoms with Crippen LogP contribution in [0.4, 0.5) is 0 Å². The number of carboxylic acids is 2. The minimum absolute atomic E-state index is 0.0284. The molecule has 3 aliphatic rings. The standard InChI is InChI=1S/C49H77N11O14/c1-28(61)39(56-41(65)31(52)15-6-8-22-50)45(69)55-34(27-30-13-4-3-5-14-30)47(71)60-26-12-19-37(60)48(72)59-25-11-18-36(59)43(67)57-40(29(2)62)44(68)53-32(20-21-38(63)64)46(70)58-24-10-17-35(58)42(66)54-33(49(73)74)16-7-9-23-51/h3-5,13-14,28-29,31-37,39-40,61-62H,6-12,15-27,50-52H2,1-2H3,(H,53,68)(H,54,66)(H,55,69)(H,56,65)(H,57,67)(H,63,64)(H,73,74)/t28-,29-,31+,32+,33+,34+,35+,36+,37+,39+,40+/m1/s1. The zero-order chi connectivity index (χ0) is 54.6. The molecule has 412 valence electrons. The Hall–Kier alpha value is -6.28. The second-order valence-corrected chi connectivity index (χ2v) is 19.3. The molecular formula is C49H77N11O14. The third-order valence-electron chi connectivity index (χ3n) is 13.6. The molecule has 74 heavy (non-hydrogen) atoms. The van der Waals surface area contributed by atoms with Crippen LogP contribution in [0.25, 0.3) is 0 Å². The zero-order valence-corrected chi connectivity index (χ0v) is 42.3. The summed E-state index contributed by atoms with van der Waals surface area (Å²) in [5, 5.41) is 53.3. The van der Waals surface area contributed by atoms with Crippen LogP contribution in [-0.4, -0.2) is 194 Å². The van der Waals surface area contributed by atoms with Gasteiger partial charge in [-0.15, -0.1) is 0 Å². The van der Waals surface area contributed by atoms with Crippen molar-refractivity contribution >= 4 is 59.2 Å². The molecule has 0 bridgehead atoms. The smallest absolute Gasteiger partial charge is 0.326 e. The molecule has 0 spiro atoms. The largest absolute Gasteiger partial charge is 0.481 e. The second kappa shape index (κ2) is 29.6. The Morgan fingerprint density at radius 3 is 1.62 bits per heavy atom.